The largest absolute Gasteiger partial charge is 0.482 e. The standard InChI is InChI=1S/C27H33N5O5S2/c1-9-13-32-23(18(5)37-19-12-10-11-15(2)16(19)3)29-30-27(32)38-14-20(33)28-24-21(26(35)36-8)17(4)22(39-24)25(34)31(6)7/h9-12,18H,1,13-14H2,2-8H3,(H,28,33). The predicted octanol–water partition coefficient (Wildman–Crippen LogP) is 4.81. The molecule has 1 unspecified atom stereocenters. The molecule has 0 aliphatic heterocycles. The van der Waals surface area contributed by atoms with Crippen molar-refractivity contribution in [2.45, 2.75) is 45.5 Å². The zero-order valence-corrected chi connectivity index (χ0v) is 24.8. The first-order valence-electron chi connectivity index (χ1n) is 12.1. The van der Waals surface area contributed by atoms with Gasteiger partial charge in [0, 0.05) is 20.6 Å². The Morgan fingerprint density at radius 2 is 1.92 bits per heavy atom. The van der Waals surface area contributed by atoms with E-state index in [1.54, 1.807) is 27.1 Å². The van der Waals surface area contributed by atoms with Gasteiger partial charge in [0.15, 0.2) is 17.1 Å². The second kappa shape index (κ2) is 12.9. The molecule has 0 radical (unpaired) electrons. The Bertz CT molecular complexity index is 1400. The molecule has 1 N–H and O–H groups in total. The van der Waals surface area contributed by atoms with Gasteiger partial charge in [-0.25, -0.2) is 4.79 Å². The van der Waals surface area contributed by atoms with Gasteiger partial charge in [-0.05, 0) is 50.5 Å². The van der Waals surface area contributed by atoms with Crippen molar-refractivity contribution >= 4 is 45.9 Å². The first-order valence-corrected chi connectivity index (χ1v) is 13.9. The highest BCUT2D eigenvalue weighted by Crippen LogP contribution is 2.35. The van der Waals surface area contributed by atoms with Gasteiger partial charge in [0.05, 0.1) is 23.3 Å². The molecule has 208 valence electrons. The van der Waals surface area contributed by atoms with E-state index in [0.717, 1.165) is 28.2 Å². The van der Waals surface area contributed by atoms with Crippen LogP contribution in [0.1, 0.15) is 55.6 Å². The molecule has 0 saturated heterocycles. The molecule has 2 amide bonds. The van der Waals surface area contributed by atoms with Crippen LogP contribution in [0.5, 0.6) is 5.75 Å². The Labute approximate surface area is 236 Å². The lowest BCUT2D eigenvalue weighted by Gasteiger charge is -2.18. The van der Waals surface area contributed by atoms with Crippen molar-refractivity contribution in [3.8, 4) is 5.75 Å². The fourth-order valence-corrected chi connectivity index (χ4v) is 5.74. The summed E-state index contributed by atoms with van der Waals surface area (Å²) < 4.78 is 12.9. The minimum Gasteiger partial charge on any atom is -0.482 e. The average molecular weight is 572 g/mol. The van der Waals surface area contributed by atoms with Crippen molar-refractivity contribution in [2.24, 2.45) is 0 Å². The van der Waals surface area contributed by atoms with Crippen molar-refractivity contribution in [1.82, 2.24) is 19.7 Å². The molecule has 1 atom stereocenters. The number of thioether (sulfide) groups is 1. The number of carbonyl (C=O) groups is 3. The maximum Gasteiger partial charge on any atom is 0.341 e. The number of aryl methyl sites for hydroxylation is 1. The number of anilines is 1. The van der Waals surface area contributed by atoms with E-state index in [4.69, 9.17) is 9.47 Å². The average Bonchev–Trinajstić information content (AvgIpc) is 3.45. The molecule has 10 nitrogen and oxygen atoms in total. The van der Waals surface area contributed by atoms with Crippen LogP contribution in [0.3, 0.4) is 0 Å². The number of nitrogens with zero attached hydrogens (tertiary/aromatic N) is 4. The number of nitrogens with one attached hydrogen (secondary N) is 1. The Kier molecular flexibility index (Phi) is 9.92. The lowest BCUT2D eigenvalue weighted by atomic mass is 10.1. The van der Waals surface area contributed by atoms with E-state index in [2.05, 4.69) is 22.1 Å². The quantitative estimate of drug-likeness (QED) is 0.198. The Hall–Kier alpha value is -3.64. The molecule has 0 spiro atoms. The van der Waals surface area contributed by atoms with Crippen molar-refractivity contribution in [2.75, 3.05) is 32.3 Å². The van der Waals surface area contributed by atoms with E-state index in [9.17, 15) is 14.4 Å². The van der Waals surface area contributed by atoms with Crippen molar-refractivity contribution in [1.29, 1.82) is 0 Å². The van der Waals surface area contributed by atoms with Crippen LogP contribution in [0.15, 0.2) is 36.0 Å². The third-order valence-electron chi connectivity index (χ3n) is 6.00. The normalized spacial score (nSPS) is 11.6. The van der Waals surface area contributed by atoms with Gasteiger partial charge in [-0.2, -0.15) is 0 Å². The number of allylic oxidation sites excluding steroid dienone is 1. The SMILES string of the molecule is C=CCn1c(SCC(=O)Nc2sc(C(=O)N(C)C)c(C)c2C(=O)OC)nnc1C(C)Oc1cccc(C)c1C. The molecule has 3 rings (SSSR count). The van der Waals surface area contributed by atoms with Gasteiger partial charge in [0.1, 0.15) is 10.8 Å². The minimum atomic E-state index is -0.627. The Morgan fingerprint density at radius 3 is 2.56 bits per heavy atom. The molecule has 0 aliphatic carbocycles. The first kappa shape index (κ1) is 29.9. The number of esters is 1. The predicted molar refractivity (Wildman–Crippen MR) is 153 cm³/mol. The summed E-state index contributed by atoms with van der Waals surface area (Å²) in [6.07, 6.45) is 1.33. The molecule has 39 heavy (non-hydrogen) atoms. The number of hydrogen-bond acceptors (Lipinski definition) is 9. The van der Waals surface area contributed by atoms with Crippen LogP contribution in [0.2, 0.25) is 0 Å². The smallest absolute Gasteiger partial charge is 0.341 e. The molecule has 0 bridgehead atoms. The number of methoxy groups -OCH3 is 1. The second-order valence-corrected chi connectivity index (χ2v) is 10.9. The van der Waals surface area contributed by atoms with E-state index < -0.39 is 12.1 Å². The number of carbonyl (C=O) groups excluding carboxylic acids is 3. The van der Waals surface area contributed by atoms with E-state index >= 15 is 0 Å². The first-order chi connectivity index (χ1) is 18.5. The summed E-state index contributed by atoms with van der Waals surface area (Å²) in [6.45, 7) is 11.8. The lowest BCUT2D eigenvalue weighted by Crippen LogP contribution is -2.21. The summed E-state index contributed by atoms with van der Waals surface area (Å²) >= 11 is 2.24. The van der Waals surface area contributed by atoms with Gasteiger partial charge in [-0.3, -0.25) is 14.2 Å². The van der Waals surface area contributed by atoms with Gasteiger partial charge in [-0.15, -0.1) is 28.1 Å². The van der Waals surface area contributed by atoms with Crippen molar-refractivity contribution in [3.05, 3.63) is 63.8 Å². The molecule has 0 saturated carbocycles. The molecule has 2 heterocycles. The maximum absolute atomic E-state index is 12.9. The number of aromatic nitrogens is 3. The van der Waals surface area contributed by atoms with Crippen LogP contribution >= 0.6 is 23.1 Å². The van der Waals surface area contributed by atoms with Crippen molar-refractivity contribution < 1.29 is 23.9 Å². The Morgan fingerprint density at radius 1 is 1.21 bits per heavy atom. The second-order valence-electron chi connectivity index (χ2n) is 8.99. The number of ether oxygens (including phenoxy) is 2. The van der Waals surface area contributed by atoms with Crippen LogP contribution < -0.4 is 10.1 Å². The van der Waals surface area contributed by atoms with Crippen LogP contribution in [0.4, 0.5) is 5.00 Å². The summed E-state index contributed by atoms with van der Waals surface area (Å²) in [4.78, 5) is 39.7. The fraction of sp³-hybridized carbons (Fsp3) is 0.370. The topological polar surface area (TPSA) is 116 Å². The minimum absolute atomic E-state index is 0.00395. The van der Waals surface area contributed by atoms with Gasteiger partial charge in [0.2, 0.25) is 5.91 Å². The highest BCUT2D eigenvalue weighted by molar-refractivity contribution is 7.99. The van der Waals surface area contributed by atoms with Gasteiger partial charge < -0.3 is 19.7 Å². The zero-order chi connectivity index (χ0) is 28.9. The number of hydrogen-bond donors (Lipinski definition) is 1. The highest BCUT2D eigenvalue weighted by atomic mass is 32.2. The lowest BCUT2D eigenvalue weighted by molar-refractivity contribution is -0.113. The van der Waals surface area contributed by atoms with Crippen LogP contribution in [0, 0.1) is 20.8 Å². The maximum atomic E-state index is 12.9. The van der Waals surface area contributed by atoms with Crippen LogP contribution in [-0.4, -0.2) is 64.4 Å². The fourth-order valence-electron chi connectivity index (χ4n) is 3.75. The molecule has 0 aliphatic rings. The number of rotatable bonds is 11. The third kappa shape index (κ3) is 6.69. The van der Waals surface area contributed by atoms with E-state index in [1.807, 2.05) is 43.5 Å². The monoisotopic (exact) mass is 571 g/mol. The summed E-state index contributed by atoms with van der Waals surface area (Å²) in [7, 11) is 4.49. The zero-order valence-electron chi connectivity index (χ0n) is 23.2. The summed E-state index contributed by atoms with van der Waals surface area (Å²) in [5.74, 6) is 0.106. The highest BCUT2D eigenvalue weighted by Gasteiger charge is 2.27. The summed E-state index contributed by atoms with van der Waals surface area (Å²) in [5, 5.41) is 12.2. The Balaban J connectivity index is 1.77. The van der Waals surface area contributed by atoms with Crippen LogP contribution in [0.25, 0.3) is 0 Å². The van der Waals surface area contributed by atoms with E-state index in [1.165, 1.54) is 23.8 Å². The van der Waals surface area contributed by atoms with E-state index in [0.29, 0.717) is 28.0 Å². The summed E-state index contributed by atoms with van der Waals surface area (Å²) in [5.41, 5.74) is 2.81. The molecular formula is C27H33N5O5S2. The van der Waals surface area contributed by atoms with Gasteiger partial charge in [-0.1, -0.05) is 30.0 Å². The summed E-state index contributed by atoms with van der Waals surface area (Å²) in [6, 6.07) is 5.89. The third-order valence-corrected chi connectivity index (χ3v) is 8.16. The van der Waals surface area contributed by atoms with Crippen LogP contribution in [-0.2, 0) is 16.1 Å². The van der Waals surface area contributed by atoms with Gasteiger partial charge >= 0.3 is 5.97 Å². The van der Waals surface area contributed by atoms with E-state index in [-0.39, 0.29) is 28.1 Å². The molecule has 12 heteroatoms. The molecule has 0 fully saturated rings. The number of amides is 2. The molecule has 1 aromatic carbocycles. The number of benzene rings is 1. The molecule has 3 aromatic rings. The van der Waals surface area contributed by atoms with Crippen molar-refractivity contribution in [3.63, 3.8) is 0 Å². The number of thiophene rings is 1. The molecule has 2 aromatic heterocycles. The van der Waals surface area contributed by atoms with Gasteiger partial charge in [0.25, 0.3) is 5.91 Å². The molecular weight excluding hydrogens is 538 g/mol.